The smallest absolute Gasteiger partial charge is 0.153 e. The average molecular weight is 300 g/mol. The average Bonchev–Trinajstić information content (AvgIpc) is 2.31. The van der Waals surface area contributed by atoms with Crippen LogP contribution in [0.3, 0.4) is 0 Å². The van der Waals surface area contributed by atoms with Gasteiger partial charge in [-0.05, 0) is 31.5 Å². The van der Waals surface area contributed by atoms with E-state index in [1.807, 2.05) is 19.9 Å². The Labute approximate surface area is 119 Å². The number of halogens is 1. The summed E-state index contributed by atoms with van der Waals surface area (Å²) in [6.45, 7) is 4.18. The highest BCUT2D eigenvalue weighted by Crippen LogP contribution is 2.28. The zero-order valence-corrected chi connectivity index (χ0v) is 12.6. The van der Waals surface area contributed by atoms with Crippen molar-refractivity contribution in [2.75, 3.05) is 18.1 Å². The molecule has 2 N–H and O–H groups in total. The van der Waals surface area contributed by atoms with Crippen LogP contribution in [-0.4, -0.2) is 43.5 Å². The van der Waals surface area contributed by atoms with Crippen LogP contribution in [0.15, 0.2) is 24.3 Å². The fraction of sp³-hybridized carbons (Fsp3) is 0.571. The molecule has 2 rings (SSSR count). The molecule has 0 aromatic heterocycles. The summed E-state index contributed by atoms with van der Waals surface area (Å²) in [6.07, 6.45) is 0. The summed E-state index contributed by atoms with van der Waals surface area (Å²) in [5, 5.41) is 0. The van der Waals surface area contributed by atoms with Crippen LogP contribution < -0.4 is 5.73 Å². The van der Waals surface area contributed by atoms with Crippen LogP contribution in [-0.2, 0) is 9.84 Å². The Morgan fingerprint density at radius 2 is 2.15 bits per heavy atom. The molecule has 0 amide bonds. The van der Waals surface area contributed by atoms with Crippen molar-refractivity contribution in [3.63, 3.8) is 0 Å². The first-order valence-electron chi connectivity index (χ1n) is 6.77. The molecule has 0 radical (unpaired) electrons. The molecule has 0 spiro atoms. The van der Waals surface area contributed by atoms with Crippen LogP contribution >= 0.6 is 0 Å². The quantitative estimate of drug-likeness (QED) is 0.915. The lowest BCUT2D eigenvalue weighted by Crippen LogP contribution is -2.52. The largest absolute Gasteiger partial charge is 0.326 e. The molecule has 0 aliphatic carbocycles. The molecule has 1 fully saturated rings. The topological polar surface area (TPSA) is 63.4 Å². The van der Waals surface area contributed by atoms with Crippen LogP contribution in [0, 0.1) is 5.82 Å². The van der Waals surface area contributed by atoms with Crippen LogP contribution in [0.5, 0.6) is 0 Å². The molecule has 1 aliphatic rings. The number of sulfone groups is 1. The van der Waals surface area contributed by atoms with Gasteiger partial charge in [-0.3, -0.25) is 4.90 Å². The summed E-state index contributed by atoms with van der Waals surface area (Å²) in [6, 6.07) is 5.87. The minimum absolute atomic E-state index is 0.118. The Morgan fingerprint density at radius 3 is 2.70 bits per heavy atom. The third-order valence-corrected chi connectivity index (χ3v) is 5.56. The van der Waals surface area contributed by atoms with Crippen LogP contribution in [0.1, 0.15) is 25.5 Å². The van der Waals surface area contributed by atoms with Crippen molar-refractivity contribution in [3.8, 4) is 0 Å². The van der Waals surface area contributed by atoms with Gasteiger partial charge in [0, 0.05) is 18.6 Å². The van der Waals surface area contributed by atoms with E-state index >= 15 is 0 Å². The molecule has 1 aliphatic heterocycles. The number of benzene rings is 1. The third kappa shape index (κ3) is 3.37. The maximum Gasteiger partial charge on any atom is 0.153 e. The first-order chi connectivity index (χ1) is 9.30. The molecule has 3 atom stereocenters. The summed E-state index contributed by atoms with van der Waals surface area (Å²) in [5.74, 6) is -0.0352. The first-order valence-corrected chi connectivity index (χ1v) is 8.59. The van der Waals surface area contributed by atoms with Gasteiger partial charge in [0.1, 0.15) is 5.82 Å². The van der Waals surface area contributed by atoms with E-state index in [2.05, 4.69) is 4.90 Å². The predicted octanol–water partition coefficient (Wildman–Crippen LogP) is 1.33. The normalized spacial score (nSPS) is 26.1. The van der Waals surface area contributed by atoms with Gasteiger partial charge in [0.15, 0.2) is 9.84 Å². The maximum atomic E-state index is 13.4. The van der Waals surface area contributed by atoms with E-state index < -0.39 is 9.84 Å². The van der Waals surface area contributed by atoms with Crippen molar-refractivity contribution in [1.29, 1.82) is 0 Å². The molecule has 20 heavy (non-hydrogen) atoms. The van der Waals surface area contributed by atoms with Crippen molar-refractivity contribution in [3.05, 3.63) is 35.6 Å². The molecule has 6 heteroatoms. The van der Waals surface area contributed by atoms with Crippen LogP contribution in [0.2, 0.25) is 0 Å². The number of rotatable bonds is 3. The van der Waals surface area contributed by atoms with Gasteiger partial charge >= 0.3 is 0 Å². The first kappa shape index (κ1) is 15.4. The third-order valence-electron chi connectivity index (χ3n) is 3.77. The molecular weight excluding hydrogens is 279 g/mol. The van der Waals surface area contributed by atoms with Crippen molar-refractivity contribution < 1.29 is 12.8 Å². The van der Waals surface area contributed by atoms with Gasteiger partial charge < -0.3 is 5.73 Å². The van der Waals surface area contributed by atoms with Gasteiger partial charge in [0.25, 0.3) is 0 Å². The van der Waals surface area contributed by atoms with Crippen molar-refractivity contribution >= 4 is 9.84 Å². The fourth-order valence-electron chi connectivity index (χ4n) is 2.91. The second-order valence-electron chi connectivity index (χ2n) is 5.56. The monoisotopic (exact) mass is 300 g/mol. The zero-order valence-electron chi connectivity index (χ0n) is 11.8. The summed E-state index contributed by atoms with van der Waals surface area (Å²) >= 11 is 0. The van der Waals surface area contributed by atoms with E-state index in [9.17, 15) is 12.8 Å². The lowest BCUT2D eigenvalue weighted by Gasteiger charge is -2.41. The fourth-order valence-corrected chi connectivity index (χ4v) is 4.49. The summed E-state index contributed by atoms with van der Waals surface area (Å²) < 4.78 is 36.8. The minimum atomic E-state index is -2.97. The zero-order chi connectivity index (χ0) is 14.9. The van der Waals surface area contributed by atoms with Gasteiger partial charge in [-0.1, -0.05) is 12.1 Å². The van der Waals surface area contributed by atoms with E-state index in [-0.39, 0.29) is 35.4 Å². The molecule has 112 valence electrons. The van der Waals surface area contributed by atoms with E-state index in [1.54, 1.807) is 6.07 Å². The van der Waals surface area contributed by atoms with Gasteiger partial charge in [-0.2, -0.15) is 0 Å². The van der Waals surface area contributed by atoms with Gasteiger partial charge in [-0.25, -0.2) is 12.8 Å². The molecular formula is C14H21FN2O2S. The van der Waals surface area contributed by atoms with Crippen molar-refractivity contribution in [2.45, 2.75) is 32.0 Å². The predicted molar refractivity (Wildman–Crippen MR) is 77.6 cm³/mol. The summed E-state index contributed by atoms with van der Waals surface area (Å²) in [7, 11) is -2.97. The molecule has 1 heterocycles. The Morgan fingerprint density at radius 1 is 1.45 bits per heavy atom. The van der Waals surface area contributed by atoms with Gasteiger partial charge in [0.2, 0.25) is 0 Å². The molecule has 1 aromatic carbocycles. The molecule has 1 saturated heterocycles. The van der Waals surface area contributed by atoms with E-state index in [0.29, 0.717) is 6.54 Å². The number of hydrogen-bond acceptors (Lipinski definition) is 4. The Balaban J connectivity index is 2.30. The number of nitrogens with two attached hydrogens (primary N) is 1. The Hall–Kier alpha value is -0.980. The SMILES string of the molecule is CC(N)C(c1cccc(F)c1)N1CCS(=O)(=O)CC1C. The van der Waals surface area contributed by atoms with E-state index in [1.165, 1.54) is 12.1 Å². The molecule has 4 nitrogen and oxygen atoms in total. The van der Waals surface area contributed by atoms with Crippen molar-refractivity contribution in [2.24, 2.45) is 5.73 Å². The molecule has 3 unspecified atom stereocenters. The highest BCUT2D eigenvalue weighted by atomic mass is 32.2. The Kier molecular flexibility index (Phi) is 4.46. The highest BCUT2D eigenvalue weighted by Gasteiger charge is 2.34. The van der Waals surface area contributed by atoms with E-state index in [4.69, 9.17) is 5.73 Å². The van der Waals surface area contributed by atoms with Gasteiger partial charge in [0.05, 0.1) is 17.5 Å². The molecule has 0 bridgehead atoms. The second kappa shape index (κ2) is 5.79. The lowest BCUT2D eigenvalue weighted by molar-refractivity contribution is 0.140. The molecule has 0 saturated carbocycles. The van der Waals surface area contributed by atoms with Crippen LogP contribution in [0.25, 0.3) is 0 Å². The Bertz CT molecular complexity index is 574. The number of nitrogens with zero attached hydrogens (tertiary/aromatic N) is 1. The lowest BCUT2D eigenvalue weighted by atomic mass is 9.97. The summed E-state index contributed by atoms with van der Waals surface area (Å²) in [4.78, 5) is 2.07. The van der Waals surface area contributed by atoms with E-state index in [0.717, 1.165) is 5.56 Å². The second-order valence-corrected chi connectivity index (χ2v) is 7.79. The van der Waals surface area contributed by atoms with Gasteiger partial charge in [-0.15, -0.1) is 0 Å². The standard InChI is InChI=1S/C14H21FN2O2S/c1-10-9-20(18,19)7-6-17(10)14(11(2)16)12-4-3-5-13(15)8-12/h3-5,8,10-11,14H,6-7,9,16H2,1-2H3. The number of hydrogen-bond donors (Lipinski definition) is 1. The summed E-state index contributed by atoms with van der Waals surface area (Å²) in [5.41, 5.74) is 6.86. The molecule has 1 aromatic rings. The van der Waals surface area contributed by atoms with Crippen LogP contribution in [0.4, 0.5) is 4.39 Å². The van der Waals surface area contributed by atoms with Crippen molar-refractivity contribution in [1.82, 2.24) is 4.90 Å². The highest BCUT2D eigenvalue weighted by molar-refractivity contribution is 7.91. The minimum Gasteiger partial charge on any atom is -0.326 e. The maximum absolute atomic E-state index is 13.4.